The Hall–Kier alpha value is -2.15. The average Bonchev–Trinajstić information content (AvgIpc) is 3.49. The van der Waals surface area contributed by atoms with Gasteiger partial charge in [-0.15, -0.1) is 10.2 Å². The van der Waals surface area contributed by atoms with Gasteiger partial charge in [-0.05, 0) is 68.9 Å². The van der Waals surface area contributed by atoms with Crippen LogP contribution in [0.25, 0.3) is 0 Å². The average molecular weight is 474 g/mol. The second kappa shape index (κ2) is 9.84. The Kier molecular flexibility index (Phi) is 7.22. The van der Waals surface area contributed by atoms with Gasteiger partial charge in [0.05, 0.1) is 5.92 Å². The Bertz CT molecular complexity index is 1020. The molecule has 2 aromatic rings. The number of rotatable bonds is 11. The molecule has 7 heteroatoms. The molecule has 0 aliphatic heterocycles. The van der Waals surface area contributed by atoms with Crippen LogP contribution in [-0.2, 0) is 11.2 Å². The van der Waals surface area contributed by atoms with Crippen molar-refractivity contribution in [2.45, 2.75) is 96.4 Å². The molecule has 4 rings (SSSR count). The molecule has 1 aromatic carbocycles. The summed E-state index contributed by atoms with van der Waals surface area (Å²) in [5, 5.41) is 18.1. The maximum absolute atomic E-state index is 15.0. The topological polar surface area (TPSA) is 68.0 Å². The summed E-state index contributed by atoms with van der Waals surface area (Å²) in [7, 11) is 0. The summed E-state index contributed by atoms with van der Waals surface area (Å²) in [5.41, 5.74) is 2.91. The third-order valence-electron chi connectivity index (χ3n) is 7.42. The van der Waals surface area contributed by atoms with Gasteiger partial charge in [-0.3, -0.25) is 4.79 Å². The number of aliphatic hydroxyl groups excluding tert-OH is 1. The molecule has 1 N–H and O–H groups in total. The molecule has 0 amide bonds. The summed E-state index contributed by atoms with van der Waals surface area (Å²) >= 11 is 0. The van der Waals surface area contributed by atoms with E-state index in [1.807, 2.05) is 36.6 Å². The summed E-state index contributed by atoms with van der Waals surface area (Å²) in [5.74, 6) is -2.74. The van der Waals surface area contributed by atoms with E-state index in [0.717, 1.165) is 48.2 Å². The highest BCUT2D eigenvalue weighted by Gasteiger charge is 2.47. The van der Waals surface area contributed by atoms with Gasteiger partial charge in [-0.2, -0.15) is 0 Å². The molecule has 0 spiro atoms. The number of carbonyl (C=O) groups excluding carboxylic acids is 1. The van der Waals surface area contributed by atoms with Gasteiger partial charge in [0, 0.05) is 24.8 Å². The fourth-order valence-electron chi connectivity index (χ4n) is 5.44. The molecular weight excluding hydrogens is 436 g/mol. The van der Waals surface area contributed by atoms with Crippen molar-refractivity contribution in [1.82, 2.24) is 14.8 Å². The lowest BCUT2D eigenvalue weighted by molar-refractivity contribution is -0.124. The lowest BCUT2D eigenvalue weighted by Gasteiger charge is -2.36. The third-order valence-corrected chi connectivity index (χ3v) is 7.42. The number of aromatic nitrogens is 3. The summed E-state index contributed by atoms with van der Waals surface area (Å²) in [6.45, 7) is 7.02. The van der Waals surface area contributed by atoms with E-state index < -0.39 is 18.4 Å². The molecule has 1 heterocycles. The zero-order valence-electron chi connectivity index (χ0n) is 20.7. The van der Waals surface area contributed by atoms with Crippen LogP contribution in [0.2, 0.25) is 0 Å². The summed E-state index contributed by atoms with van der Waals surface area (Å²) in [4.78, 5) is 13.0. The number of Topliss-reactive ketones (excluding diaryl/α,β-unsaturated/α-hetero) is 1. The van der Waals surface area contributed by atoms with E-state index in [1.165, 1.54) is 6.42 Å². The van der Waals surface area contributed by atoms with Crippen LogP contribution in [-0.4, -0.2) is 38.2 Å². The van der Waals surface area contributed by atoms with Crippen molar-refractivity contribution in [3.8, 4) is 0 Å². The Balaban J connectivity index is 1.57. The normalized spacial score (nSPS) is 21.5. The van der Waals surface area contributed by atoms with Crippen molar-refractivity contribution in [3.63, 3.8) is 0 Å². The van der Waals surface area contributed by atoms with Crippen molar-refractivity contribution in [1.29, 1.82) is 0 Å². The van der Waals surface area contributed by atoms with E-state index in [2.05, 4.69) is 24.0 Å². The predicted molar refractivity (Wildman–Crippen MR) is 127 cm³/mol. The summed E-state index contributed by atoms with van der Waals surface area (Å²) in [6, 6.07) is 5.92. The minimum absolute atomic E-state index is 0.0913. The van der Waals surface area contributed by atoms with Crippen molar-refractivity contribution in [2.75, 3.05) is 6.61 Å². The molecule has 0 saturated heterocycles. The van der Waals surface area contributed by atoms with Gasteiger partial charge in [0.25, 0.3) is 5.92 Å². The van der Waals surface area contributed by atoms with Crippen LogP contribution in [0.1, 0.15) is 98.6 Å². The number of hydrogen-bond donors (Lipinski definition) is 1. The smallest absolute Gasteiger partial charge is 0.280 e. The van der Waals surface area contributed by atoms with E-state index >= 15 is 8.78 Å². The number of aryl methyl sites for hydroxylation is 2. The summed E-state index contributed by atoms with van der Waals surface area (Å²) < 4.78 is 32.0. The molecule has 0 radical (unpaired) electrons. The first-order valence-electron chi connectivity index (χ1n) is 12.6. The maximum atomic E-state index is 15.0. The molecule has 0 bridgehead atoms. The highest BCUT2D eigenvalue weighted by Crippen LogP contribution is 2.49. The number of benzene rings is 1. The lowest BCUT2D eigenvalue weighted by atomic mass is 9.71. The Morgan fingerprint density at radius 2 is 1.91 bits per heavy atom. The van der Waals surface area contributed by atoms with E-state index in [1.54, 1.807) is 0 Å². The molecule has 34 heavy (non-hydrogen) atoms. The SMILES string of the molecule is Cc1ccc(CC(=O)CC(c2nnc(C3CC(CC(C)C)C3)n2C2CC2)C(F)(F)CO)c(C)c1. The maximum Gasteiger partial charge on any atom is 0.280 e. The monoisotopic (exact) mass is 473 g/mol. The highest BCUT2D eigenvalue weighted by molar-refractivity contribution is 5.82. The van der Waals surface area contributed by atoms with E-state index in [0.29, 0.717) is 11.8 Å². The van der Waals surface area contributed by atoms with E-state index in [9.17, 15) is 9.90 Å². The summed E-state index contributed by atoms with van der Waals surface area (Å²) in [6.07, 6.45) is 4.73. The number of nitrogens with zero attached hydrogens (tertiary/aromatic N) is 3. The van der Waals surface area contributed by atoms with Gasteiger partial charge < -0.3 is 9.67 Å². The number of halogens is 2. The quantitative estimate of drug-likeness (QED) is 0.456. The fourth-order valence-corrected chi connectivity index (χ4v) is 5.44. The van der Waals surface area contributed by atoms with Crippen LogP contribution >= 0.6 is 0 Å². The molecule has 186 valence electrons. The van der Waals surface area contributed by atoms with Crippen LogP contribution in [0.3, 0.4) is 0 Å². The van der Waals surface area contributed by atoms with Crippen LogP contribution in [0, 0.1) is 25.7 Å². The van der Waals surface area contributed by atoms with E-state index in [-0.39, 0.29) is 36.4 Å². The van der Waals surface area contributed by atoms with Crippen molar-refractivity contribution in [2.24, 2.45) is 11.8 Å². The van der Waals surface area contributed by atoms with Crippen LogP contribution in [0.4, 0.5) is 8.78 Å². The van der Waals surface area contributed by atoms with Crippen molar-refractivity contribution < 1.29 is 18.7 Å². The Labute approximate surface area is 201 Å². The zero-order chi connectivity index (χ0) is 24.6. The Morgan fingerprint density at radius 3 is 2.50 bits per heavy atom. The molecular formula is C27H37F2N3O2. The standard InChI is InChI=1S/C27H37F2N3O2/c1-16(2)9-19-11-21(12-19)25-30-31-26(32(25)22-7-8-22)24(27(28,29)15-33)14-23(34)13-20-6-5-17(3)10-18(20)4/h5-6,10,16,19,21-22,24,33H,7-9,11-15H2,1-4H3. The number of alkyl halides is 2. The number of carbonyl (C=O) groups is 1. The third kappa shape index (κ3) is 5.40. The highest BCUT2D eigenvalue weighted by atomic mass is 19.3. The first-order chi connectivity index (χ1) is 16.1. The first-order valence-corrected chi connectivity index (χ1v) is 12.6. The van der Waals surface area contributed by atoms with Crippen molar-refractivity contribution in [3.05, 3.63) is 46.5 Å². The number of aliphatic hydroxyl groups is 1. The van der Waals surface area contributed by atoms with Gasteiger partial charge in [0.2, 0.25) is 0 Å². The van der Waals surface area contributed by atoms with Crippen LogP contribution in [0.15, 0.2) is 18.2 Å². The van der Waals surface area contributed by atoms with Gasteiger partial charge >= 0.3 is 0 Å². The molecule has 1 atom stereocenters. The molecule has 1 aromatic heterocycles. The lowest BCUT2D eigenvalue weighted by Crippen LogP contribution is -2.35. The number of hydrogen-bond acceptors (Lipinski definition) is 4. The molecule has 5 nitrogen and oxygen atoms in total. The molecule has 2 aliphatic rings. The molecule has 2 aliphatic carbocycles. The largest absolute Gasteiger partial charge is 0.390 e. The predicted octanol–water partition coefficient (Wildman–Crippen LogP) is 5.68. The van der Waals surface area contributed by atoms with Gasteiger partial charge in [0.15, 0.2) is 0 Å². The van der Waals surface area contributed by atoms with Gasteiger partial charge in [-0.1, -0.05) is 37.6 Å². The van der Waals surface area contributed by atoms with E-state index in [4.69, 9.17) is 0 Å². The molecule has 1 unspecified atom stereocenters. The second-order valence-corrected chi connectivity index (χ2v) is 11.0. The van der Waals surface area contributed by atoms with Crippen LogP contribution < -0.4 is 0 Å². The van der Waals surface area contributed by atoms with Crippen molar-refractivity contribution >= 4 is 5.78 Å². The molecule has 2 fully saturated rings. The van der Waals surface area contributed by atoms with Gasteiger partial charge in [0.1, 0.15) is 24.0 Å². The first kappa shape index (κ1) is 25.0. The van der Waals surface area contributed by atoms with Crippen LogP contribution in [0.5, 0.6) is 0 Å². The molecule has 2 saturated carbocycles. The minimum atomic E-state index is -3.45. The fraction of sp³-hybridized carbons (Fsp3) is 0.667. The number of ketones is 1. The van der Waals surface area contributed by atoms with Gasteiger partial charge in [-0.25, -0.2) is 8.78 Å². The Morgan fingerprint density at radius 1 is 1.21 bits per heavy atom. The zero-order valence-corrected chi connectivity index (χ0v) is 20.7. The second-order valence-electron chi connectivity index (χ2n) is 11.0. The minimum Gasteiger partial charge on any atom is -0.390 e.